The lowest BCUT2D eigenvalue weighted by atomic mass is 9.91. The van der Waals surface area contributed by atoms with Crippen molar-refractivity contribution in [3.05, 3.63) is 60.7 Å². The predicted molar refractivity (Wildman–Crippen MR) is 293 cm³/mol. The van der Waals surface area contributed by atoms with Gasteiger partial charge < -0.3 is 5.32 Å². The zero-order valence-corrected chi connectivity index (χ0v) is 45.8. The van der Waals surface area contributed by atoms with E-state index in [1.54, 1.807) is 46.8 Å². The van der Waals surface area contributed by atoms with Gasteiger partial charge in [-0.25, -0.2) is 0 Å². The Morgan fingerprint density at radius 3 is 1.03 bits per heavy atom. The van der Waals surface area contributed by atoms with Crippen molar-refractivity contribution < 1.29 is 5.32 Å². The standard InChI is InChI=1S/C17H37N.C12H10.4C8H17.Al/c1-5-8-9-10-14-18-15-16(4)12-13-17(7-3)11-6-2;1-3-7-11(8-4-1)12-9-5-2-6-10-12;4*1-3-5-7-8-6-4-2;/h16-18H,5-15H2,1-4H3;1-10H;4*1,3-8H2,2H3;/q;;;;;;-1/p+1. The van der Waals surface area contributed by atoms with Crippen LogP contribution in [0.5, 0.6) is 0 Å². The lowest BCUT2D eigenvalue weighted by Gasteiger charge is -2.37. The number of hydrogen-bond donors (Lipinski definition) is 1. The van der Waals surface area contributed by atoms with Crippen LogP contribution in [0.3, 0.4) is 0 Å². The Morgan fingerprint density at radius 1 is 0.365 bits per heavy atom. The summed E-state index contributed by atoms with van der Waals surface area (Å²) in [5.74, 6) is 1.89. The third kappa shape index (κ3) is 39.8. The lowest BCUT2D eigenvalue weighted by Crippen LogP contribution is -2.85. The fraction of sp³-hybridized carbons (Fsp3) is 0.803. The number of hydrogen-bond acceptors (Lipinski definition) is 0. The summed E-state index contributed by atoms with van der Waals surface area (Å²) in [5, 5.41) is 9.37. The molecule has 2 rings (SSSR count). The molecule has 2 aromatic rings. The highest BCUT2D eigenvalue weighted by Crippen LogP contribution is 2.35. The van der Waals surface area contributed by atoms with Crippen LogP contribution in [0.25, 0.3) is 11.1 Å². The molecule has 0 saturated heterocycles. The van der Waals surface area contributed by atoms with Crippen molar-refractivity contribution in [2.45, 2.75) is 288 Å². The predicted octanol–water partition coefficient (Wildman–Crippen LogP) is 20.6. The van der Waals surface area contributed by atoms with E-state index < -0.39 is 13.1 Å². The highest BCUT2D eigenvalue weighted by atomic mass is 27.2. The first-order valence-electron chi connectivity index (χ1n) is 29.1. The van der Waals surface area contributed by atoms with Crippen molar-refractivity contribution in [2.75, 3.05) is 13.1 Å². The van der Waals surface area contributed by atoms with Gasteiger partial charge in [-0.1, -0.05) is 302 Å². The number of benzene rings is 2. The van der Waals surface area contributed by atoms with Crippen LogP contribution in [0.4, 0.5) is 0 Å². The van der Waals surface area contributed by atoms with Crippen LogP contribution in [0.2, 0.25) is 21.1 Å². The summed E-state index contributed by atoms with van der Waals surface area (Å²) in [4.78, 5) is 0. The van der Waals surface area contributed by atoms with Gasteiger partial charge in [0.2, 0.25) is 0 Å². The molecule has 0 aliphatic heterocycles. The van der Waals surface area contributed by atoms with Crippen LogP contribution >= 0.6 is 0 Å². The van der Waals surface area contributed by atoms with Crippen LogP contribution < -0.4 is 5.32 Å². The summed E-state index contributed by atoms with van der Waals surface area (Å²) in [7, 11) is 0. The van der Waals surface area contributed by atoms with Crippen LogP contribution in [-0.4, -0.2) is 26.2 Å². The molecule has 1 nitrogen and oxygen atoms in total. The molecule has 0 aliphatic carbocycles. The van der Waals surface area contributed by atoms with Gasteiger partial charge in [-0.3, -0.25) is 0 Å². The smallest absolute Gasteiger partial charge is 0.134 e. The molecule has 368 valence electrons. The minimum Gasteiger partial charge on any atom is -0.346 e. The maximum atomic E-state index is 2.54. The van der Waals surface area contributed by atoms with Crippen molar-refractivity contribution in [3.63, 3.8) is 0 Å². The zero-order chi connectivity index (χ0) is 46.2. The van der Waals surface area contributed by atoms with E-state index in [0.717, 1.165) is 11.8 Å². The van der Waals surface area contributed by atoms with E-state index >= 15 is 0 Å². The lowest BCUT2D eigenvalue weighted by molar-refractivity contribution is -0.660. The molecule has 0 saturated carbocycles. The topological polar surface area (TPSA) is 16.6 Å². The maximum absolute atomic E-state index is 2.54. The van der Waals surface area contributed by atoms with Crippen LogP contribution in [-0.2, 0) is 0 Å². The summed E-state index contributed by atoms with van der Waals surface area (Å²) in [6, 6.07) is 20.8. The molecule has 0 heterocycles. The van der Waals surface area contributed by atoms with E-state index in [1.165, 1.54) is 210 Å². The molecule has 2 unspecified atom stereocenters. The SMILES string of the molecule is CCCCCCC[CH2][Al-]([CH2]CCCCCCC)([CH2]CCCCCCC)[CH2]CCCCCCC.CCCCCC[NH2+]CC(C)CCC(CC)CCC.c1ccc(-c2ccccc2)cc1. The Morgan fingerprint density at radius 2 is 0.698 bits per heavy atom. The fourth-order valence-electron chi connectivity index (χ4n) is 10.3. The van der Waals surface area contributed by atoms with Gasteiger partial charge in [0.05, 0.1) is 13.1 Å². The second-order valence-corrected chi connectivity index (χ2v) is 26.6. The molecule has 2 N–H and O–H groups in total. The molecule has 0 fully saturated rings. The Kier molecular flexibility index (Phi) is 48.0. The van der Waals surface area contributed by atoms with Gasteiger partial charge >= 0.3 is 0 Å². The van der Waals surface area contributed by atoms with Crippen molar-refractivity contribution in [3.8, 4) is 11.1 Å². The number of rotatable bonds is 42. The Labute approximate surface area is 401 Å². The van der Waals surface area contributed by atoms with Gasteiger partial charge in [0.25, 0.3) is 0 Å². The van der Waals surface area contributed by atoms with Crippen molar-refractivity contribution in [2.24, 2.45) is 11.8 Å². The summed E-state index contributed by atoms with van der Waals surface area (Å²) in [6.45, 7) is 21.5. The van der Waals surface area contributed by atoms with Gasteiger partial charge in [-0.2, -0.15) is 21.1 Å². The van der Waals surface area contributed by atoms with Crippen LogP contribution in [0.15, 0.2) is 60.7 Å². The normalized spacial score (nSPS) is 12.3. The van der Waals surface area contributed by atoms with Crippen LogP contribution in [0.1, 0.15) is 267 Å². The molecular formula is C61H116AlN. The van der Waals surface area contributed by atoms with E-state index in [4.69, 9.17) is 0 Å². The summed E-state index contributed by atoms with van der Waals surface area (Å²) in [5.41, 5.74) is 2.55. The number of nitrogens with two attached hydrogens (primary N) is 1. The molecule has 0 spiro atoms. The summed E-state index contributed by atoms with van der Waals surface area (Å²) >= 11 is -1.42. The van der Waals surface area contributed by atoms with E-state index in [-0.39, 0.29) is 0 Å². The van der Waals surface area contributed by atoms with Crippen molar-refractivity contribution >= 4 is 13.1 Å². The van der Waals surface area contributed by atoms with E-state index in [1.807, 2.05) is 12.1 Å². The van der Waals surface area contributed by atoms with Gasteiger partial charge in [-0.05, 0) is 42.7 Å². The monoisotopic (exact) mass is 890 g/mol. The highest BCUT2D eigenvalue weighted by Gasteiger charge is 2.27. The van der Waals surface area contributed by atoms with Gasteiger partial charge in [-0.15, -0.1) is 0 Å². The number of quaternary nitrogens is 1. The molecule has 0 aromatic heterocycles. The van der Waals surface area contributed by atoms with Gasteiger partial charge in [0, 0.05) is 5.92 Å². The Bertz CT molecular complexity index is 1010. The zero-order valence-electron chi connectivity index (χ0n) is 44.7. The summed E-state index contributed by atoms with van der Waals surface area (Å²) in [6.07, 6.45) is 48.4. The largest absolute Gasteiger partial charge is 0.346 e. The number of unbranched alkanes of at least 4 members (excludes halogenated alkanes) is 23. The molecule has 63 heavy (non-hydrogen) atoms. The maximum Gasteiger partial charge on any atom is 0.134 e. The minimum absolute atomic E-state index is 0.905. The third-order valence-corrected chi connectivity index (χ3v) is 21.3. The molecule has 2 heteroatoms. The Balaban J connectivity index is 0.00000105. The minimum atomic E-state index is -1.42. The molecule has 0 aliphatic rings. The van der Waals surface area contributed by atoms with E-state index in [9.17, 15) is 0 Å². The second-order valence-electron chi connectivity index (χ2n) is 20.8. The second kappa shape index (κ2) is 48.9. The highest BCUT2D eigenvalue weighted by molar-refractivity contribution is 6.79. The quantitative estimate of drug-likeness (QED) is 0.0505. The molecule has 0 amide bonds. The molecular weight excluding hydrogens is 774 g/mol. The van der Waals surface area contributed by atoms with Gasteiger partial charge in [0.1, 0.15) is 13.1 Å². The third-order valence-electron chi connectivity index (χ3n) is 14.7. The molecule has 2 atom stereocenters. The molecule has 2 aromatic carbocycles. The molecule has 0 bridgehead atoms. The Hall–Kier alpha value is -1.07. The van der Waals surface area contributed by atoms with Crippen molar-refractivity contribution in [1.29, 1.82) is 0 Å². The first-order chi connectivity index (χ1) is 30.9. The van der Waals surface area contributed by atoms with E-state index in [2.05, 4.69) is 109 Å². The first kappa shape index (κ1) is 61.9. The van der Waals surface area contributed by atoms with Crippen LogP contribution in [0, 0.1) is 11.8 Å². The van der Waals surface area contributed by atoms with Crippen molar-refractivity contribution in [1.82, 2.24) is 0 Å². The average Bonchev–Trinajstić information content (AvgIpc) is 3.31. The first-order valence-corrected chi connectivity index (χ1v) is 32.4. The molecule has 0 radical (unpaired) electrons. The fourth-order valence-corrected chi connectivity index (χ4v) is 16.6. The summed E-state index contributed by atoms with van der Waals surface area (Å²) < 4.78 is 0. The van der Waals surface area contributed by atoms with E-state index in [0.29, 0.717) is 0 Å². The van der Waals surface area contributed by atoms with Gasteiger partial charge in [0.15, 0.2) is 0 Å². The average molecular weight is 891 g/mol.